The number of rotatable bonds is 1. The third-order valence-electron chi connectivity index (χ3n) is 1.32. The Morgan fingerprint density at radius 3 is 2.00 bits per heavy atom. The van der Waals surface area contributed by atoms with E-state index in [1.54, 1.807) is 5.01 Å². The SMILES string of the molecule is CC(C)C=O.NN1CCOCC1. The predicted octanol–water partition coefficient (Wildman–Crippen LogP) is 0.0336. The van der Waals surface area contributed by atoms with Crippen LogP contribution in [0.2, 0.25) is 0 Å². The van der Waals surface area contributed by atoms with Gasteiger partial charge in [0.2, 0.25) is 0 Å². The van der Waals surface area contributed by atoms with Gasteiger partial charge in [-0.1, -0.05) is 13.8 Å². The van der Waals surface area contributed by atoms with Gasteiger partial charge in [-0.15, -0.1) is 0 Å². The molecule has 2 N–H and O–H groups in total. The second-order valence-electron chi connectivity index (χ2n) is 3.03. The van der Waals surface area contributed by atoms with E-state index >= 15 is 0 Å². The average molecular weight is 174 g/mol. The van der Waals surface area contributed by atoms with Gasteiger partial charge in [-0.3, -0.25) is 5.84 Å². The second kappa shape index (κ2) is 7.21. The molecule has 0 radical (unpaired) electrons. The number of carbonyl (C=O) groups excluding carboxylic acids is 1. The summed E-state index contributed by atoms with van der Waals surface area (Å²) in [7, 11) is 0. The fourth-order valence-electron chi connectivity index (χ4n) is 0.577. The van der Waals surface area contributed by atoms with Crippen LogP contribution in [0.15, 0.2) is 0 Å². The maximum Gasteiger partial charge on any atom is 0.122 e. The molecular formula is C8H18N2O2. The van der Waals surface area contributed by atoms with Crippen LogP contribution in [-0.4, -0.2) is 37.6 Å². The molecule has 1 heterocycles. The van der Waals surface area contributed by atoms with E-state index in [-0.39, 0.29) is 5.92 Å². The van der Waals surface area contributed by atoms with Gasteiger partial charge in [0, 0.05) is 19.0 Å². The third-order valence-corrected chi connectivity index (χ3v) is 1.32. The summed E-state index contributed by atoms with van der Waals surface area (Å²) in [6, 6.07) is 0. The van der Waals surface area contributed by atoms with Crippen LogP contribution in [0.5, 0.6) is 0 Å². The molecule has 0 spiro atoms. The fourth-order valence-corrected chi connectivity index (χ4v) is 0.577. The smallest absolute Gasteiger partial charge is 0.122 e. The van der Waals surface area contributed by atoms with Crippen molar-refractivity contribution in [1.29, 1.82) is 0 Å². The summed E-state index contributed by atoms with van der Waals surface area (Å²) in [4.78, 5) is 9.50. The molecule has 4 heteroatoms. The lowest BCUT2D eigenvalue weighted by molar-refractivity contribution is -0.110. The normalized spacial score (nSPS) is 18.3. The summed E-state index contributed by atoms with van der Waals surface area (Å²) >= 11 is 0. The number of nitrogens with zero attached hydrogens (tertiary/aromatic N) is 1. The van der Waals surface area contributed by atoms with Gasteiger partial charge in [0.05, 0.1) is 13.2 Å². The Labute approximate surface area is 73.6 Å². The summed E-state index contributed by atoms with van der Waals surface area (Å²) in [6.07, 6.45) is 0.917. The van der Waals surface area contributed by atoms with Crippen molar-refractivity contribution in [3.8, 4) is 0 Å². The highest BCUT2D eigenvalue weighted by Crippen LogP contribution is 1.86. The molecule has 12 heavy (non-hydrogen) atoms. The molecule has 1 aliphatic heterocycles. The number of ether oxygens (including phenoxy) is 1. The van der Waals surface area contributed by atoms with E-state index in [0.717, 1.165) is 32.6 Å². The lowest BCUT2D eigenvalue weighted by Gasteiger charge is -2.20. The van der Waals surface area contributed by atoms with E-state index in [2.05, 4.69) is 0 Å². The maximum absolute atomic E-state index is 9.50. The van der Waals surface area contributed by atoms with Crippen LogP contribution in [0, 0.1) is 5.92 Å². The molecule has 0 aromatic rings. The second-order valence-corrected chi connectivity index (χ2v) is 3.03. The summed E-state index contributed by atoms with van der Waals surface area (Å²) in [5.74, 6) is 5.59. The van der Waals surface area contributed by atoms with Crippen molar-refractivity contribution in [1.82, 2.24) is 5.01 Å². The number of morpholine rings is 1. The standard InChI is InChI=1S/C4H10N2O.C4H8O/c5-6-1-3-7-4-2-6;1-4(2)3-5/h1-5H2;3-4H,1-2H3. The number of hydrogen-bond acceptors (Lipinski definition) is 4. The molecule has 1 saturated heterocycles. The van der Waals surface area contributed by atoms with Gasteiger partial charge in [0.1, 0.15) is 6.29 Å². The molecule has 1 aliphatic rings. The molecule has 0 amide bonds. The van der Waals surface area contributed by atoms with Crippen molar-refractivity contribution in [2.75, 3.05) is 26.3 Å². The fraction of sp³-hybridized carbons (Fsp3) is 0.875. The molecule has 1 fully saturated rings. The van der Waals surface area contributed by atoms with E-state index < -0.39 is 0 Å². The van der Waals surface area contributed by atoms with Crippen LogP contribution in [0.3, 0.4) is 0 Å². The van der Waals surface area contributed by atoms with Crippen LogP contribution in [-0.2, 0) is 9.53 Å². The Bertz CT molecular complexity index is 112. The molecular weight excluding hydrogens is 156 g/mol. The van der Waals surface area contributed by atoms with Gasteiger partial charge in [-0.25, -0.2) is 5.01 Å². The van der Waals surface area contributed by atoms with E-state index in [1.165, 1.54) is 0 Å². The first-order valence-electron chi connectivity index (χ1n) is 4.19. The first-order valence-corrected chi connectivity index (χ1v) is 4.19. The molecule has 0 saturated carbocycles. The number of aldehydes is 1. The lowest BCUT2D eigenvalue weighted by atomic mass is 10.3. The Hall–Kier alpha value is -0.450. The number of carbonyl (C=O) groups is 1. The molecule has 0 aliphatic carbocycles. The first kappa shape index (κ1) is 11.6. The zero-order valence-corrected chi connectivity index (χ0v) is 7.82. The summed E-state index contributed by atoms with van der Waals surface area (Å²) < 4.78 is 5.02. The highest BCUT2D eigenvalue weighted by molar-refractivity contribution is 5.51. The summed E-state index contributed by atoms with van der Waals surface area (Å²) in [5.41, 5.74) is 0. The average Bonchev–Trinajstić information content (AvgIpc) is 2.07. The quantitative estimate of drug-likeness (QED) is 0.450. The van der Waals surface area contributed by atoms with Crippen LogP contribution in [0.4, 0.5) is 0 Å². The van der Waals surface area contributed by atoms with Gasteiger partial charge in [0.15, 0.2) is 0 Å². The predicted molar refractivity (Wildman–Crippen MR) is 47.5 cm³/mol. The largest absolute Gasteiger partial charge is 0.379 e. The Kier molecular flexibility index (Phi) is 6.94. The van der Waals surface area contributed by atoms with E-state index in [9.17, 15) is 4.79 Å². The highest BCUT2D eigenvalue weighted by atomic mass is 16.5. The van der Waals surface area contributed by atoms with Gasteiger partial charge in [-0.2, -0.15) is 0 Å². The monoisotopic (exact) mass is 174 g/mol. The molecule has 0 aromatic carbocycles. The molecule has 4 nitrogen and oxygen atoms in total. The summed E-state index contributed by atoms with van der Waals surface area (Å²) in [5, 5.41) is 1.77. The van der Waals surface area contributed by atoms with Crippen molar-refractivity contribution >= 4 is 6.29 Å². The summed E-state index contributed by atoms with van der Waals surface area (Å²) in [6.45, 7) is 7.03. The number of hydrogen-bond donors (Lipinski definition) is 1. The van der Waals surface area contributed by atoms with E-state index in [1.807, 2.05) is 13.8 Å². The molecule has 0 bridgehead atoms. The zero-order chi connectivity index (χ0) is 9.40. The first-order chi connectivity index (χ1) is 5.66. The molecule has 0 atom stereocenters. The Balaban J connectivity index is 0.000000217. The number of nitrogens with two attached hydrogens (primary N) is 1. The van der Waals surface area contributed by atoms with Crippen LogP contribution in [0.25, 0.3) is 0 Å². The third kappa shape index (κ3) is 7.65. The van der Waals surface area contributed by atoms with Gasteiger partial charge >= 0.3 is 0 Å². The van der Waals surface area contributed by atoms with Gasteiger partial charge < -0.3 is 9.53 Å². The number of hydrazine groups is 1. The molecule has 1 rings (SSSR count). The Morgan fingerprint density at radius 1 is 1.42 bits per heavy atom. The molecule has 0 unspecified atom stereocenters. The van der Waals surface area contributed by atoms with Crippen LogP contribution in [0.1, 0.15) is 13.8 Å². The van der Waals surface area contributed by atoms with Crippen molar-refractivity contribution in [3.05, 3.63) is 0 Å². The van der Waals surface area contributed by atoms with Crippen molar-refractivity contribution < 1.29 is 9.53 Å². The maximum atomic E-state index is 9.50. The van der Waals surface area contributed by atoms with Crippen molar-refractivity contribution in [3.63, 3.8) is 0 Å². The Morgan fingerprint density at radius 2 is 1.83 bits per heavy atom. The zero-order valence-electron chi connectivity index (χ0n) is 7.82. The van der Waals surface area contributed by atoms with Crippen molar-refractivity contribution in [2.45, 2.75) is 13.8 Å². The van der Waals surface area contributed by atoms with Gasteiger partial charge in [-0.05, 0) is 0 Å². The minimum absolute atomic E-state index is 0.204. The lowest BCUT2D eigenvalue weighted by Crippen LogP contribution is -2.41. The highest BCUT2D eigenvalue weighted by Gasteiger charge is 2.02. The molecule has 72 valence electrons. The van der Waals surface area contributed by atoms with E-state index in [4.69, 9.17) is 10.6 Å². The van der Waals surface area contributed by atoms with E-state index in [0.29, 0.717) is 0 Å². The van der Waals surface area contributed by atoms with Gasteiger partial charge in [0.25, 0.3) is 0 Å². The van der Waals surface area contributed by atoms with Crippen LogP contribution < -0.4 is 5.84 Å². The minimum atomic E-state index is 0.204. The van der Waals surface area contributed by atoms with Crippen LogP contribution >= 0.6 is 0 Å². The van der Waals surface area contributed by atoms with Crippen molar-refractivity contribution in [2.24, 2.45) is 11.8 Å². The molecule has 0 aromatic heterocycles. The topological polar surface area (TPSA) is 55.6 Å². The minimum Gasteiger partial charge on any atom is -0.379 e.